The van der Waals surface area contributed by atoms with Gasteiger partial charge in [-0.3, -0.25) is 0 Å². The molecule has 2 rings (SSSR count). The predicted molar refractivity (Wildman–Crippen MR) is 85.3 cm³/mol. The van der Waals surface area contributed by atoms with Crippen molar-refractivity contribution in [2.45, 2.75) is 26.2 Å². The van der Waals surface area contributed by atoms with Crippen LogP contribution in [0.4, 0.5) is 0 Å². The fraction of sp³-hybridized carbons (Fsp3) is 0.412. The maximum atomic E-state index is 5.95. The van der Waals surface area contributed by atoms with Crippen molar-refractivity contribution in [3.05, 3.63) is 35.9 Å². The van der Waals surface area contributed by atoms with Gasteiger partial charge in [-0.25, -0.2) is 0 Å². The fourth-order valence-corrected chi connectivity index (χ4v) is 2.58. The first-order valence-corrected chi connectivity index (χ1v) is 7.56. The van der Waals surface area contributed by atoms with Crippen LogP contribution in [-0.4, -0.2) is 19.6 Å². The van der Waals surface area contributed by atoms with E-state index in [-0.39, 0.29) is 0 Å². The molecule has 0 N–H and O–H groups in total. The second-order valence-electron chi connectivity index (χ2n) is 4.87. The molecule has 0 spiro atoms. The Bertz CT molecular complexity index is 566. The van der Waals surface area contributed by atoms with E-state index in [0.717, 1.165) is 59.6 Å². The molecule has 0 aliphatic rings. The molecule has 20 heavy (non-hydrogen) atoms. The maximum Gasteiger partial charge on any atom is 0.129 e. The lowest BCUT2D eigenvalue weighted by atomic mass is 10.0. The highest BCUT2D eigenvalue weighted by atomic mass is 35.5. The number of methoxy groups -OCH3 is 1. The summed E-state index contributed by atoms with van der Waals surface area (Å²) >= 11 is 5.68. The van der Waals surface area contributed by atoms with Gasteiger partial charge in [0.2, 0.25) is 0 Å². The Balaban J connectivity index is 2.21. The monoisotopic (exact) mass is 292 g/mol. The van der Waals surface area contributed by atoms with Crippen LogP contribution < -0.4 is 9.47 Å². The molecule has 0 aliphatic carbocycles. The molecule has 2 aromatic carbocycles. The van der Waals surface area contributed by atoms with Crippen LogP contribution in [0.3, 0.4) is 0 Å². The van der Waals surface area contributed by atoms with Crippen LogP contribution in [-0.2, 0) is 0 Å². The minimum atomic E-state index is 0.727. The summed E-state index contributed by atoms with van der Waals surface area (Å²) in [6.07, 6.45) is 3.19. The number of unbranched alkanes of at least 4 members (excludes halogenated alkanes) is 2. The zero-order valence-corrected chi connectivity index (χ0v) is 12.9. The van der Waals surface area contributed by atoms with E-state index in [9.17, 15) is 0 Å². The van der Waals surface area contributed by atoms with Gasteiger partial charge in [-0.2, -0.15) is 0 Å². The van der Waals surface area contributed by atoms with Crippen molar-refractivity contribution < 1.29 is 9.47 Å². The van der Waals surface area contributed by atoms with Crippen molar-refractivity contribution in [3.8, 4) is 11.5 Å². The number of aryl methyl sites for hydroxylation is 1. The Morgan fingerprint density at radius 1 is 1.05 bits per heavy atom. The third-order valence-electron chi connectivity index (χ3n) is 3.38. The van der Waals surface area contributed by atoms with Gasteiger partial charge in [0, 0.05) is 16.7 Å². The van der Waals surface area contributed by atoms with Gasteiger partial charge in [0.05, 0.1) is 13.7 Å². The largest absolute Gasteiger partial charge is 0.496 e. The molecule has 0 atom stereocenters. The second-order valence-corrected chi connectivity index (χ2v) is 5.25. The molecule has 3 heteroatoms. The maximum absolute atomic E-state index is 5.95. The number of halogens is 1. The van der Waals surface area contributed by atoms with Crippen molar-refractivity contribution in [1.29, 1.82) is 0 Å². The standard InChI is InChI=1S/C17H21ClO2/c1-13-12-16(20-11-7-3-6-10-18)14-8-4-5-9-15(14)17(13)19-2/h4-5,8-9,12H,3,6-7,10-11H2,1-2H3. The molecular formula is C17H21ClO2. The van der Waals surface area contributed by atoms with Crippen LogP contribution in [0.5, 0.6) is 11.5 Å². The Kier molecular flexibility index (Phi) is 5.54. The number of alkyl halides is 1. The van der Waals surface area contributed by atoms with Crippen molar-refractivity contribution in [3.63, 3.8) is 0 Å². The number of benzene rings is 2. The van der Waals surface area contributed by atoms with Gasteiger partial charge in [-0.15, -0.1) is 11.6 Å². The Hall–Kier alpha value is -1.41. The molecule has 0 radical (unpaired) electrons. The van der Waals surface area contributed by atoms with Crippen molar-refractivity contribution in [1.82, 2.24) is 0 Å². The van der Waals surface area contributed by atoms with Crippen LogP contribution >= 0.6 is 11.6 Å². The van der Waals surface area contributed by atoms with E-state index in [1.54, 1.807) is 7.11 Å². The molecule has 0 bridgehead atoms. The quantitative estimate of drug-likeness (QED) is 0.531. The van der Waals surface area contributed by atoms with Gasteiger partial charge in [0.15, 0.2) is 0 Å². The summed E-state index contributed by atoms with van der Waals surface area (Å²) in [6, 6.07) is 10.3. The number of rotatable bonds is 7. The summed E-state index contributed by atoms with van der Waals surface area (Å²) in [5.41, 5.74) is 1.10. The topological polar surface area (TPSA) is 18.5 Å². The normalized spacial score (nSPS) is 10.8. The zero-order valence-electron chi connectivity index (χ0n) is 12.1. The summed E-state index contributed by atoms with van der Waals surface area (Å²) in [5.74, 6) is 2.59. The van der Waals surface area contributed by atoms with E-state index in [2.05, 4.69) is 18.2 Å². The highest BCUT2D eigenvalue weighted by molar-refractivity contribution is 6.17. The van der Waals surface area contributed by atoms with Gasteiger partial charge >= 0.3 is 0 Å². The highest BCUT2D eigenvalue weighted by Crippen LogP contribution is 2.36. The lowest BCUT2D eigenvalue weighted by molar-refractivity contribution is 0.309. The summed E-state index contributed by atoms with van der Waals surface area (Å²) in [5, 5.41) is 2.21. The number of ether oxygens (including phenoxy) is 2. The van der Waals surface area contributed by atoms with Crippen molar-refractivity contribution in [2.24, 2.45) is 0 Å². The fourth-order valence-electron chi connectivity index (χ4n) is 2.39. The van der Waals surface area contributed by atoms with E-state index in [1.807, 2.05) is 19.1 Å². The first-order chi connectivity index (χ1) is 9.77. The molecule has 0 aromatic heterocycles. The van der Waals surface area contributed by atoms with Gasteiger partial charge in [0.1, 0.15) is 11.5 Å². The average molecular weight is 293 g/mol. The number of hydrogen-bond acceptors (Lipinski definition) is 2. The molecule has 108 valence electrons. The summed E-state index contributed by atoms with van der Waals surface area (Å²) in [4.78, 5) is 0. The molecule has 2 nitrogen and oxygen atoms in total. The SMILES string of the molecule is COc1c(C)cc(OCCCCCCl)c2ccccc12. The average Bonchev–Trinajstić information content (AvgIpc) is 2.47. The van der Waals surface area contributed by atoms with Crippen molar-refractivity contribution >= 4 is 22.4 Å². The second kappa shape index (κ2) is 7.39. The van der Waals surface area contributed by atoms with E-state index < -0.39 is 0 Å². The smallest absolute Gasteiger partial charge is 0.129 e. The lowest BCUT2D eigenvalue weighted by Gasteiger charge is -2.14. The van der Waals surface area contributed by atoms with Crippen LogP contribution in [0.25, 0.3) is 10.8 Å². The summed E-state index contributed by atoms with van der Waals surface area (Å²) in [6.45, 7) is 2.78. The molecule has 0 saturated carbocycles. The molecule has 0 fully saturated rings. The van der Waals surface area contributed by atoms with E-state index in [0.29, 0.717) is 0 Å². The third kappa shape index (κ3) is 3.37. The zero-order chi connectivity index (χ0) is 14.4. The molecule has 0 aliphatic heterocycles. The Morgan fingerprint density at radius 3 is 2.50 bits per heavy atom. The van der Waals surface area contributed by atoms with Crippen LogP contribution in [0.2, 0.25) is 0 Å². The van der Waals surface area contributed by atoms with Gasteiger partial charge in [0.25, 0.3) is 0 Å². The molecule has 0 amide bonds. The Labute approximate surface area is 125 Å². The van der Waals surface area contributed by atoms with Gasteiger partial charge in [-0.1, -0.05) is 24.3 Å². The first-order valence-electron chi connectivity index (χ1n) is 7.03. The third-order valence-corrected chi connectivity index (χ3v) is 3.65. The molecule has 0 unspecified atom stereocenters. The van der Waals surface area contributed by atoms with Gasteiger partial charge in [-0.05, 0) is 37.8 Å². The van der Waals surface area contributed by atoms with Crippen LogP contribution in [0.1, 0.15) is 24.8 Å². The summed E-state index contributed by atoms with van der Waals surface area (Å²) < 4.78 is 11.4. The van der Waals surface area contributed by atoms with E-state index in [1.165, 1.54) is 0 Å². The molecule has 2 aromatic rings. The van der Waals surface area contributed by atoms with E-state index in [4.69, 9.17) is 21.1 Å². The molecule has 0 saturated heterocycles. The minimum Gasteiger partial charge on any atom is -0.496 e. The van der Waals surface area contributed by atoms with Crippen LogP contribution in [0.15, 0.2) is 30.3 Å². The molecular weight excluding hydrogens is 272 g/mol. The summed E-state index contributed by atoms with van der Waals surface area (Å²) in [7, 11) is 1.71. The van der Waals surface area contributed by atoms with Crippen LogP contribution in [0, 0.1) is 6.92 Å². The lowest BCUT2D eigenvalue weighted by Crippen LogP contribution is -1.99. The minimum absolute atomic E-state index is 0.727. The molecule has 0 heterocycles. The van der Waals surface area contributed by atoms with Gasteiger partial charge < -0.3 is 9.47 Å². The van der Waals surface area contributed by atoms with Crippen molar-refractivity contribution in [2.75, 3.05) is 19.6 Å². The number of hydrogen-bond donors (Lipinski definition) is 0. The number of fused-ring (bicyclic) bond motifs is 1. The van der Waals surface area contributed by atoms with E-state index >= 15 is 0 Å². The predicted octanol–water partition coefficient (Wildman–Crippen LogP) is 4.94. The highest BCUT2D eigenvalue weighted by Gasteiger charge is 2.10. The first kappa shape index (κ1) is 15.0. The Morgan fingerprint density at radius 2 is 1.80 bits per heavy atom.